The fraction of sp³-hybridized carbons (Fsp3) is 0.562. The summed E-state index contributed by atoms with van der Waals surface area (Å²) >= 11 is 0. The monoisotopic (exact) mass is 294 g/mol. The molecule has 2 fully saturated rings. The SMILES string of the molecule is CCCc1ccc(C(=O)N2C[C@H]3CNC[C@H]3C2)cc1.Cl. The largest absolute Gasteiger partial charge is 0.338 e. The smallest absolute Gasteiger partial charge is 0.253 e. The van der Waals surface area contributed by atoms with E-state index in [9.17, 15) is 4.79 Å². The van der Waals surface area contributed by atoms with Gasteiger partial charge < -0.3 is 10.2 Å². The average Bonchev–Trinajstić information content (AvgIpc) is 3.00. The lowest BCUT2D eigenvalue weighted by molar-refractivity contribution is 0.0781. The topological polar surface area (TPSA) is 32.3 Å². The van der Waals surface area contributed by atoms with Crippen LogP contribution >= 0.6 is 12.4 Å². The van der Waals surface area contributed by atoms with Crippen molar-refractivity contribution in [1.82, 2.24) is 10.2 Å². The van der Waals surface area contributed by atoms with Crippen LogP contribution in [0.15, 0.2) is 24.3 Å². The molecule has 1 amide bonds. The van der Waals surface area contributed by atoms with Crippen molar-refractivity contribution in [3.63, 3.8) is 0 Å². The van der Waals surface area contributed by atoms with Crippen molar-refractivity contribution in [2.24, 2.45) is 11.8 Å². The van der Waals surface area contributed by atoms with Crippen molar-refractivity contribution in [2.75, 3.05) is 26.2 Å². The highest BCUT2D eigenvalue weighted by Gasteiger charge is 2.38. The average molecular weight is 295 g/mol. The maximum absolute atomic E-state index is 12.5. The van der Waals surface area contributed by atoms with Gasteiger partial charge in [0.05, 0.1) is 0 Å². The van der Waals surface area contributed by atoms with Crippen LogP contribution in [0.5, 0.6) is 0 Å². The molecule has 20 heavy (non-hydrogen) atoms. The highest BCUT2D eigenvalue weighted by Crippen LogP contribution is 2.27. The molecule has 2 aliphatic rings. The van der Waals surface area contributed by atoms with Gasteiger partial charge in [-0.3, -0.25) is 4.79 Å². The van der Waals surface area contributed by atoms with Gasteiger partial charge in [-0.1, -0.05) is 25.5 Å². The molecule has 2 heterocycles. The lowest BCUT2D eigenvalue weighted by Crippen LogP contribution is -2.31. The summed E-state index contributed by atoms with van der Waals surface area (Å²) in [4.78, 5) is 14.5. The normalized spacial score (nSPS) is 24.4. The lowest BCUT2D eigenvalue weighted by atomic mass is 10.0. The molecule has 2 saturated heterocycles. The number of nitrogens with zero attached hydrogens (tertiary/aromatic N) is 1. The standard InChI is InChI=1S/C16H22N2O.ClH/c1-2-3-12-4-6-13(7-5-12)16(19)18-10-14-8-17-9-15(14)11-18;/h4-7,14-15,17H,2-3,8-11H2,1H3;1H/t14-,15+;. The van der Waals surface area contributed by atoms with Crippen molar-refractivity contribution in [2.45, 2.75) is 19.8 Å². The van der Waals surface area contributed by atoms with E-state index in [0.29, 0.717) is 11.8 Å². The van der Waals surface area contributed by atoms with Crippen LogP contribution in [-0.4, -0.2) is 37.0 Å². The first-order chi connectivity index (χ1) is 9.28. The number of carbonyl (C=O) groups excluding carboxylic acids is 1. The van der Waals surface area contributed by atoms with E-state index in [1.807, 2.05) is 17.0 Å². The molecule has 0 aromatic heterocycles. The number of halogens is 1. The van der Waals surface area contributed by atoms with E-state index >= 15 is 0 Å². The maximum atomic E-state index is 12.5. The van der Waals surface area contributed by atoms with Crippen molar-refractivity contribution < 1.29 is 4.79 Å². The molecule has 0 radical (unpaired) electrons. The van der Waals surface area contributed by atoms with Crippen LogP contribution in [0.1, 0.15) is 29.3 Å². The first-order valence-electron chi connectivity index (χ1n) is 7.37. The molecular formula is C16H23ClN2O. The molecule has 4 heteroatoms. The number of hydrogen-bond donors (Lipinski definition) is 1. The molecule has 0 spiro atoms. The minimum Gasteiger partial charge on any atom is -0.338 e. The van der Waals surface area contributed by atoms with Crippen LogP contribution in [0.25, 0.3) is 0 Å². The number of likely N-dealkylation sites (tertiary alicyclic amines) is 1. The van der Waals surface area contributed by atoms with E-state index in [1.54, 1.807) is 0 Å². The van der Waals surface area contributed by atoms with Crippen LogP contribution < -0.4 is 5.32 Å². The number of rotatable bonds is 3. The zero-order valence-corrected chi connectivity index (χ0v) is 12.8. The van der Waals surface area contributed by atoms with Crippen LogP contribution in [-0.2, 0) is 6.42 Å². The summed E-state index contributed by atoms with van der Waals surface area (Å²) in [7, 11) is 0. The van der Waals surface area contributed by atoms with E-state index in [-0.39, 0.29) is 18.3 Å². The Morgan fingerprint density at radius 2 is 1.80 bits per heavy atom. The van der Waals surface area contributed by atoms with Gasteiger partial charge in [0.25, 0.3) is 5.91 Å². The molecule has 1 aromatic carbocycles. The van der Waals surface area contributed by atoms with E-state index in [2.05, 4.69) is 24.4 Å². The molecule has 110 valence electrons. The van der Waals surface area contributed by atoms with Crippen LogP contribution in [0.4, 0.5) is 0 Å². The minimum absolute atomic E-state index is 0. The van der Waals surface area contributed by atoms with E-state index < -0.39 is 0 Å². The van der Waals surface area contributed by atoms with Gasteiger partial charge >= 0.3 is 0 Å². The molecule has 0 unspecified atom stereocenters. The number of hydrogen-bond acceptors (Lipinski definition) is 2. The Morgan fingerprint density at radius 3 is 2.35 bits per heavy atom. The zero-order valence-electron chi connectivity index (χ0n) is 12.0. The quantitative estimate of drug-likeness (QED) is 0.928. The van der Waals surface area contributed by atoms with E-state index in [0.717, 1.165) is 44.6 Å². The highest BCUT2D eigenvalue weighted by atomic mass is 35.5. The summed E-state index contributed by atoms with van der Waals surface area (Å²) < 4.78 is 0. The van der Waals surface area contributed by atoms with Crippen molar-refractivity contribution in [3.05, 3.63) is 35.4 Å². The Bertz CT molecular complexity index is 448. The summed E-state index contributed by atoms with van der Waals surface area (Å²) in [5.41, 5.74) is 2.16. The predicted octanol–water partition coefficient (Wildman–Crippen LogP) is 2.35. The van der Waals surface area contributed by atoms with Crippen LogP contribution in [0, 0.1) is 11.8 Å². The Kier molecular flexibility index (Phi) is 5.06. The Hall–Kier alpha value is -1.06. The second-order valence-corrected chi connectivity index (χ2v) is 5.84. The summed E-state index contributed by atoms with van der Waals surface area (Å²) in [6.45, 7) is 6.17. The second kappa shape index (κ2) is 6.59. The van der Waals surface area contributed by atoms with Gasteiger partial charge in [-0.15, -0.1) is 12.4 Å². The van der Waals surface area contributed by atoms with Crippen molar-refractivity contribution in [1.29, 1.82) is 0 Å². The third-order valence-electron chi connectivity index (χ3n) is 4.42. The molecule has 3 rings (SSSR count). The maximum Gasteiger partial charge on any atom is 0.253 e. The first kappa shape index (κ1) is 15.3. The Balaban J connectivity index is 0.00000147. The number of nitrogens with one attached hydrogen (secondary N) is 1. The molecule has 0 bridgehead atoms. The van der Waals surface area contributed by atoms with Gasteiger partial charge in [-0.05, 0) is 36.0 Å². The van der Waals surface area contributed by atoms with Gasteiger partial charge in [0, 0.05) is 31.7 Å². The van der Waals surface area contributed by atoms with Crippen molar-refractivity contribution >= 4 is 18.3 Å². The molecule has 3 nitrogen and oxygen atoms in total. The molecule has 1 aromatic rings. The third kappa shape index (κ3) is 2.99. The van der Waals surface area contributed by atoms with Crippen molar-refractivity contribution in [3.8, 4) is 0 Å². The number of carbonyl (C=O) groups is 1. The molecule has 0 aliphatic carbocycles. The summed E-state index contributed by atoms with van der Waals surface area (Å²) in [6.07, 6.45) is 2.24. The summed E-state index contributed by atoms with van der Waals surface area (Å²) in [5, 5.41) is 3.41. The summed E-state index contributed by atoms with van der Waals surface area (Å²) in [5.74, 6) is 1.55. The van der Waals surface area contributed by atoms with Gasteiger partial charge in [-0.25, -0.2) is 0 Å². The predicted molar refractivity (Wildman–Crippen MR) is 83.4 cm³/mol. The molecular weight excluding hydrogens is 272 g/mol. The molecule has 2 aliphatic heterocycles. The van der Waals surface area contributed by atoms with Crippen LogP contribution in [0.2, 0.25) is 0 Å². The number of amides is 1. The van der Waals surface area contributed by atoms with Gasteiger partial charge in [0.15, 0.2) is 0 Å². The highest BCUT2D eigenvalue weighted by molar-refractivity contribution is 5.94. The zero-order chi connectivity index (χ0) is 13.2. The summed E-state index contributed by atoms with van der Waals surface area (Å²) in [6, 6.07) is 8.16. The van der Waals surface area contributed by atoms with Gasteiger partial charge in [0.1, 0.15) is 0 Å². The fourth-order valence-corrected chi connectivity index (χ4v) is 3.31. The Morgan fingerprint density at radius 1 is 1.20 bits per heavy atom. The number of fused-ring (bicyclic) bond motifs is 1. The van der Waals surface area contributed by atoms with Gasteiger partial charge in [0.2, 0.25) is 0 Å². The molecule has 0 saturated carbocycles. The third-order valence-corrected chi connectivity index (χ3v) is 4.42. The number of benzene rings is 1. The lowest BCUT2D eigenvalue weighted by Gasteiger charge is -2.17. The fourth-order valence-electron chi connectivity index (χ4n) is 3.31. The second-order valence-electron chi connectivity index (χ2n) is 5.84. The van der Waals surface area contributed by atoms with E-state index in [1.165, 1.54) is 5.56 Å². The van der Waals surface area contributed by atoms with Crippen LogP contribution in [0.3, 0.4) is 0 Å². The Labute approximate surface area is 127 Å². The minimum atomic E-state index is 0. The molecule has 1 N–H and O–H groups in total. The van der Waals surface area contributed by atoms with Gasteiger partial charge in [-0.2, -0.15) is 0 Å². The first-order valence-corrected chi connectivity index (χ1v) is 7.37. The van der Waals surface area contributed by atoms with E-state index in [4.69, 9.17) is 0 Å². The molecule has 2 atom stereocenters. The number of aryl methyl sites for hydroxylation is 1.